The largest absolute Gasteiger partial charge is 0.494 e. The molecule has 1 saturated carbocycles. The number of hydrogen-bond acceptors (Lipinski definition) is 5. The van der Waals surface area contributed by atoms with Gasteiger partial charge in [-0.3, -0.25) is 13.9 Å². The van der Waals surface area contributed by atoms with E-state index < -0.39 is 17.8 Å². The van der Waals surface area contributed by atoms with Crippen molar-refractivity contribution in [2.45, 2.75) is 48.7 Å². The van der Waals surface area contributed by atoms with Crippen LogP contribution in [0.1, 0.15) is 54.8 Å². The molecule has 1 fully saturated rings. The predicted molar refractivity (Wildman–Crippen MR) is 137 cm³/mol. The molecule has 36 heavy (non-hydrogen) atoms. The van der Waals surface area contributed by atoms with E-state index in [4.69, 9.17) is 9.84 Å². The lowest BCUT2D eigenvalue weighted by Gasteiger charge is -2.30. The van der Waals surface area contributed by atoms with Crippen molar-refractivity contribution in [3.05, 3.63) is 48.3 Å². The zero-order chi connectivity index (χ0) is 25.6. The van der Waals surface area contributed by atoms with E-state index in [1.54, 1.807) is 12.1 Å². The molecule has 0 bridgehead atoms. The van der Waals surface area contributed by atoms with Gasteiger partial charge in [0.2, 0.25) is 0 Å². The molecule has 0 saturated heterocycles. The predicted octanol–water partition coefficient (Wildman–Crippen LogP) is 5.91. The summed E-state index contributed by atoms with van der Waals surface area (Å²) in [6, 6.07) is 4.64. The minimum absolute atomic E-state index is 0.188. The number of hydrogen-bond donors (Lipinski definition) is 1. The number of fused-ring (bicyclic) bond motifs is 2. The molecule has 1 amide bonds. The fraction of sp³-hybridized carbons (Fsp3) is 0.417. The normalized spacial score (nSPS) is 19.5. The lowest BCUT2D eigenvalue weighted by atomic mass is 9.84. The van der Waals surface area contributed by atoms with Gasteiger partial charge in [-0.05, 0) is 43.7 Å². The van der Waals surface area contributed by atoms with Gasteiger partial charge >= 0.3 is 6.18 Å². The van der Waals surface area contributed by atoms with Gasteiger partial charge in [0.1, 0.15) is 17.8 Å². The Morgan fingerprint density at radius 3 is 2.67 bits per heavy atom. The number of halogens is 4. The van der Waals surface area contributed by atoms with Crippen LogP contribution in [0.15, 0.2) is 36.9 Å². The van der Waals surface area contributed by atoms with Crippen LogP contribution in [0.2, 0.25) is 0 Å². The van der Waals surface area contributed by atoms with Crippen LogP contribution in [0, 0.1) is 5.92 Å². The number of carbonyl (C=O) groups excluding carboxylic acids is 1. The number of anilines is 1. The molecular formula is C24H24F3IN6O2. The molecule has 8 nitrogen and oxygen atoms in total. The van der Waals surface area contributed by atoms with E-state index in [1.165, 1.54) is 24.0 Å². The summed E-state index contributed by atoms with van der Waals surface area (Å²) < 4.78 is 48.7. The van der Waals surface area contributed by atoms with E-state index >= 15 is 0 Å². The van der Waals surface area contributed by atoms with Gasteiger partial charge in [-0.2, -0.15) is 18.3 Å². The van der Waals surface area contributed by atoms with E-state index in [1.807, 2.05) is 10.9 Å². The summed E-state index contributed by atoms with van der Waals surface area (Å²) in [4.78, 5) is 20.6. The number of nitrogens with zero attached hydrogens (tertiary/aromatic N) is 5. The Kier molecular flexibility index (Phi) is 6.55. The zero-order valence-corrected chi connectivity index (χ0v) is 21.7. The summed E-state index contributed by atoms with van der Waals surface area (Å²) in [5.74, 6) is 0.422. The number of methoxy groups -OCH3 is 1. The van der Waals surface area contributed by atoms with Gasteiger partial charge in [-0.1, -0.05) is 29.5 Å². The Bertz CT molecular complexity index is 1420. The minimum Gasteiger partial charge on any atom is -0.494 e. The second kappa shape index (κ2) is 9.52. The first-order chi connectivity index (χ1) is 17.1. The van der Waals surface area contributed by atoms with E-state index in [9.17, 15) is 18.0 Å². The first-order valence-corrected chi connectivity index (χ1v) is 12.8. The molecule has 12 heteroatoms. The Balaban J connectivity index is 1.41. The number of amides is 1. The van der Waals surface area contributed by atoms with Gasteiger partial charge in [0.25, 0.3) is 5.91 Å². The number of rotatable bonds is 5. The monoisotopic (exact) mass is 612 g/mol. The smallest absolute Gasteiger partial charge is 0.433 e. The van der Waals surface area contributed by atoms with Gasteiger partial charge < -0.3 is 10.1 Å². The molecule has 0 spiro atoms. The van der Waals surface area contributed by atoms with Crippen LogP contribution in [0.3, 0.4) is 0 Å². The van der Waals surface area contributed by atoms with Gasteiger partial charge in [0, 0.05) is 27.8 Å². The number of imidazole rings is 1. The topological polar surface area (TPSA) is 86.3 Å². The minimum atomic E-state index is -4.64. The summed E-state index contributed by atoms with van der Waals surface area (Å²) in [6.45, 7) is 2.26. The van der Waals surface area contributed by atoms with Gasteiger partial charge in [-0.15, -0.1) is 0 Å². The molecule has 1 aromatic carbocycles. The maximum Gasteiger partial charge on any atom is 0.433 e. The van der Waals surface area contributed by atoms with Crippen molar-refractivity contribution in [1.82, 2.24) is 24.1 Å². The Hall–Kier alpha value is -2.90. The highest BCUT2D eigenvalue weighted by molar-refractivity contribution is 14.1. The summed E-state index contributed by atoms with van der Waals surface area (Å²) >= 11 is 2.50. The molecule has 4 aromatic rings. The van der Waals surface area contributed by atoms with Crippen molar-refractivity contribution in [2.75, 3.05) is 12.4 Å². The van der Waals surface area contributed by atoms with Crippen molar-refractivity contribution in [3.63, 3.8) is 0 Å². The third-order valence-electron chi connectivity index (χ3n) is 6.75. The summed E-state index contributed by atoms with van der Waals surface area (Å²) in [5.41, 5.74) is -0.409. The number of aromatic nitrogens is 5. The second-order valence-electron chi connectivity index (χ2n) is 9.06. The molecular weight excluding hydrogens is 588 g/mol. The zero-order valence-electron chi connectivity index (χ0n) is 19.6. The summed E-state index contributed by atoms with van der Waals surface area (Å²) in [6.07, 6.45) is 4.20. The van der Waals surface area contributed by atoms with Crippen LogP contribution in [0.5, 0.6) is 5.75 Å². The molecule has 3 aromatic heterocycles. The van der Waals surface area contributed by atoms with Crippen LogP contribution >= 0.6 is 22.6 Å². The van der Waals surface area contributed by atoms with E-state index in [0.29, 0.717) is 21.4 Å². The highest BCUT2D eigenvalue weighted by Crippen LogP contribution is 2.37. The van der Waals surface area contributed by atoms with Crippen molar-refractivity contribution in [1.29, 1.82) is 0 Å². The quantitative estimate of drug-likeness (QED) is 0.224. The van der Waals surface area contributed by atoms with Crippen molar-refractivity contribution in [3.8, 4) is 5.75 Å². The number of benzene rings is 1. The van der Waals surface area contributed by atoms with E-state index in [0.717, 1.165) is 48.6 Å². The van der Waals surface area contributed by atoms with Crippen molar-refractivity contribution < 1.29 is 22.7 Å². The van der Waals surface area contributed by atoms with Crippen LogP contribution in [-0.2, 0) is 6.18 Å². The maximum atomic E-state index is 13.1. The lowest BCUT2D eigenvalue weighted by molar-refractivity contribution is -0.141. The fourth-order valence-electron chi connectivity index (χ4n) is 4.73. The molecule has 1 atom stereocenters. The van der Waals surface area contributed by atoms with Crippen LogP contribution in [-0.4, -0.2) is 41.1 Å². The third kappa shape index (κ3) is 4.74. The fourth-order valence-corrected chi connectivity index (χ4v) is 5.45. The van der Waals surface area contributed by atoms with E-state index in [2.05, 4.69) is 44.8 Å². The van der Waals surface area contributed by atoms with Gasteiger partial charge in [0.15, 0.2) is 11.3 Å². The number of ether oxygens (including phenoxy) is 1. The third-order valence-corrected chi connectivity index (χ3v) is 7.77. The first-order valence-electron chi connectivity index (χ1n) is 11.6. The van der Waals surface area contributed by atoms with Gasteiger partial charge in [0.05, 0.1) is 24.4 Å². The van der Waals surface area contributed by atoms with Gasteiger partial charge in [-0.25, -0.2) is 9.97 Å². The van der Waals surface area contributed by atoms with Crippen LogP contribution < -0.4 is 10.1 Å². The molecule has 0 radical (unpaired) electrons. The van der Waals surface area contributed by atoms with Crippen molar-refractivity contribution >= 4 is 50.7 Å². The van der Waals surface area contributed by atoms with Crippen LogP contribution in [0.25, 0.3) is 16.6 Å². The Morgan fingerprint density at radius 1 is 1.25 bits per heavy atom. The standard InChI is InChI=1S/C24H24F3IN6O2/c1-13(28)14-3-5-16(6-4-14)34-11-15-9-18(19(36-2)10-17(15)32-34)30-23(35)21-22-31-20(24(25,26)27)7-8-33(22)12-29-21/h7-14,16H,3-6H2,1-2H3,(H,30,35)/t13-,14-,16-/m0/s1. The molecule has 0 aliphatic heterocycles. The molecule has 0 unspecified atom stereocenters. The molecule has 3 heterocycles. The highest BCUT2D eigenvalue weighted by Gasteiger charge is 2.33. The molecule has 1 aliphatic carbocycles. The summed E-state index contributed by atoms with van der Waals surface area (Å²) in [5, 5.41) is 8.28. The molecule has 190 valence electrons. The number of alkyl halides is 4. The Morgan fingerprint density at radius 2 is 2.00 bits per heavy atom. The molecule has 1 N–H and O–H groups in total. The maximum absolute atomic E-state index is 13.1. The van der Waals surface area contributed by atoms with E-state index in [-0.39, 0.29) is 11.3 Å². The van der Waals surface area contributed by atoms with Crippen LogP contribution in [0.4, 0.5) is 18.9 Å². The number of carbonyl (C=O) groups is 1. The lowest BCUT2D eigenvalue weighted by Crippen LogP contribution is -2.22. The SMILES string of the molecule is COc1cc2nn([C@H]3CC[C@H]([C@H](C)I)CC3)cc2cc1NC(=O)c1ncn2ccc(C(F)(F)F)nc12. The average Bonchev–Trinajstić information content (AvgIpc) is 3.46. The Labute approximate surface area is 218 Å². The molecule has 5 rings (SSSR count). The summed E-state index contributed by atoms with van der Waals surface area (Å²) in [7, 11) is 1.48. The number of nitrogens with one attached hydrogen (secondary N) is 1. The molecule has 1 aliphatic rings. The van der Waals surface area contributed by atoms with Crippen molar-refractivity contribution in [2.24, 2.45) is 5.92 Å². The second-order valence-corrected chi connectivity index (χ2v) is 11.0. The highest BCUT2D eigenvalue weighted by atomic mass is 127. The average molecular weight is 612 g/mol. The first kappa shape index (κ1) is 24.8.